The number of likely N-dealkylation sites (tertiary alicyclic amines) is 1. The number of piperidine rings is 1. The van der Waals surface area contributed by atoms with Crippen LogP contribution in [0.2, 0.25) is 0 Å². The number of pyridine rings is 1. The van der Waals surface area contributed by atoms with Crippen LogP contribution in [0.15, 0.2) is 42.5 Å². The number of esters is 1. The van der Waals surface area contributed by atoms with Gasteiger partial charge in [0.2, 0.25) is 0 Å². The summed E-state index contributed by atoms with van der Waals surface area (Å²) >= 11 is 0. The fourth-order valence-corrected chi connectivity index (χ4v) is 3.22. The summed E-state index contributed by atoms with van der Waals surface area (Å²) in [5.74, 6) is -0.564. The molecule has 0 atom stereocenters. The van der Waals surface area contributed by atoms with Gasteiger partial charge >= 0.3 is 5.97 Å². The van der Waals surface area contributed by atoms with Gasteiger partial charge in [0.15, 0.2) is 0 Å². The van der Waals surface area contributed by atoms with E-state index in [2.05, 4.69) is 17.2 Å². The van der Waals surface area contributed by atoms with Gasteiger partial charge in [0.25, 0.3) is 11.8 Å². The van der Waals surface area contributed by atoms with Gasteiger partial charge in [-0.1, -0.05) is 25.1 Å². The van der Waals surface area contributed by atoms with Gasteiger partial charge in [0, 0.05) is 13.1 Å². The maximum absolute atomic E-state index is 12.7. The quantitative estimate of drug-likeness (QED) is 0.784. The lowest BCUT2D eigenvalue weighted by Gasteiger charge is -2.30. The molecular weight excluding hydrogens is 370 g/mol. The molecule has 152 valence electrons. The van der Waals surface area contributed by atoms with E-state index in [1.54, 1.807) is 48.2 Å². The Labute approximate surface area is 170 Å². The number of hydrogen-bond donors (Lipinski definition) is 1. The SMILES string of the molecule is CCOC(=O)c1ccccc1NC(=O)c1cccc(C(=O)N2CCC(C)CC2)n1. The number of nitrogens with zero attached hydrogens (tertiary/aromatic N) is 2. The van der Waals surface area contributed by atoms with Gasteiger partial charge in [-0.3, -0.25) is 9.59 Å². The van der Waals surface area contributed by atoms with Gasteiger partial charge in [0.05, 0.1) is 17.9 Å². The van der Waals surface area contributed by atoms with E-state index in [0.29, 0.717) is 24.7 Å². The van der Waals surface area contributed by atoms with Crippen LogP contribution in [0.4, 0.5) is 5.69 Å². The minimum atomic E-state index is -0.514. The molecule has 0 bridgehead atoms. The highest BCUT2D eigenvalue weighted by Gasteiger charge is 2.23. The molecule has 29 heavy (non-hydrogen) atoms. The summed E-state index contributed by atoms with van der Waals surface area (Å²) in [6.07, 6.45) is 1.94. The summed E-state index contributed by atoms with van der Waals surface area (Å²) in [7, 11) is 0. The predicted molar refractivity (Wildman–Crippen MR) is 109 cm³/mol. The fourth-order valence-electron chi connectivity index (χ4n) is 3.22. The molecule has 2 amide bonds. The van der Waals surface area contributed by atoms with E-state index in [4.69, 9.17) is 4.74 Å². The molecule has 7 nitrogen and oxygen atoms in total. The van der Waals surface area contributed by atoms with Crippen molar-refractivity contribution < 1.29 is 19.1 Å². The first-order chi connectivity index (χ1) is 14.0. The Morgan fingerprint density at radius 2 is 1.76 bits per heavy atom. The lowest BCUT2D eigenvalue weighted by molar-refractivity contribution is 0.0527. The smallest absolute Gasteiger partial charge is 0.340 e. The van der Waals surface area contributed by atoms with Crippen LogP contribution in [0.25, 0.3) is 0 Å². The van der Waals surface area contributed by atoms with E-state index in [1.165, 1.54) is 6.07 Å². The minimum absolute atomic E-state index is 0.111. The molecule has 1 aromatic carbocycles. The van der Waals surface area contributed by atoms with E-state index in [9.17, 15) is 14.4 Å². The monoisotopic (exact) mass is 395 g/mol. The van der Waals surface area contributed by atoms with Crippen LogP contribution < -0.4 is 5.32 Å². The van der Waals surface area contributed by atoms with Crippen LogP contribution in [0.1, 0.15) is 58.0 Å². The van der Waals surface area contributed by atoms with Crippen molar-refractivity contribution in [3.05, 3.63) is 59.4 Å². The third kappa shape index (κ3) is 4.99. The van der Waals surface area contributed by atoms with Crippen molar-refractivity contribution in [2.45, 2.75) is 26.7 Å². The number of carbonyl (C=O) groups excluding carboxylic acids is 3. The zero-order valence-corrected chi connectivity index (χ0v) is 16.7. The van der Waals surface area contributed by atoms with Crippen LogP contribution >= 0.6 is 0 Å². The van der Waals surface area contributed by atoms with Gasteiger partial charge in [-0.2, -0.15) is 0 Å². The van der Waals surface area contributed by atoms with E-state index >= 15 is 0 Å². The molecular formula is C22H25N3O4. The second-order valence-electron chi connectivity index (χ2n) is 7.10. The summed E-state index contributed by atoms with van der Waals surface area (Å²) in [4.78, 5) is 43.5. The van der Waals surface area contributed by atoms with E-state index in [0.717, 1.165) is 12.8 Å². The summed E-state index contributed by atoms with van der Waals surface area (Å²) in [6.45, 7) is 5.53. The average molecular weight is 395 g/mol. The largest absolute Gasteiger partial charge is 0.462 e. The Balaban J connectivity index is 1.75. The number of anilines is 1. The molecule has 1 aliphatic heterocycles. The Bertz CT molecular complexity index is 904. The highest BCUT2D eigenvalue weighted by atomic mass is 16.5. The number of benzene rings is 1. The van der Waals surface area contributed by atoms with Crippen LogP contribution in [-0.2, 0) is 4.74 Å². The fraction of sp³-hybridized carbons (Fsp3) is 0.364. The summed E-state index contributed by atoms with van der Waals surface area (Å²) in [5.41, 5.74) is 0.947. The number of para-hydroxylation sites is 1. The van der Waals surface area contributed by atoms with Gasteiger partial charge in [-0.25, -0.2) is 9.78 Å². The van der Waals surface area contributed by atoms with Crippen LogP contribution in [0.5, 0.6) is 0 Å². The molecule has 1 saturated heterocycles. The van der Waals surface area contributed by atoms with Crippen LogP contribution in [0.3, 0.4) is 0 Å². The Morgan fingerprint density at radius 1 is 1.07 bits per heavy atom. The molecule has 1 aromatic heterocycles. The summed E-state index contributed by atoms with van der Waals surface area (Å²) in [6, 6.07) is 11.4. The zero-order chi connectivity index (χ0) is 20.8. The molecule has 1 fully saturated rings. The highest BCUT2D eigenvalue weighted by molar-refractivity contribution is 6.07. The Kier molecular flexibility index (Phi) is 6.59. The third-order valence-corrected chi connectivity index (χ3v) is 4.94. The van der Waals surface area contributed by atoms with Gasteiger partial charge in [-0.05, 0) is 49.9 Å². The number of amides is 2. The summed E-state index contributed by atoms with van der Waals surface area (Å²) in [5, 5.41) is 2.69. The lowest BCUT2D eigenvalue weighted by atomic mass is 9.99. The molecule has 2 aromatic rings. The second kappa shape index (κ2) is 9.32. The maximum Gasteiger partial charge on any atom is 0.340 e. The number of nitrogens with one attached hydrogen (secondary N) is 1. The van der Waals surface area contributed by atoms with E-state index < -0.39 is 11.9 Å². The molecule has 1 N–H and O–H groups in total. The molecule has 0 unspecified atom stereocenters. The van der Waals surface area contributed by atoms with E-state index in [-0.39, 0.29) is 29.5 Å². The maximum atomic E-state index is 12.7. The van der Waals surface area contributed by atoms with Crippen molar-refractivity contribution in [1.29, 1.82) is 0 Å². The number of hydrogen-bond acceptors (Lipinski definition) is 5. The number of carbonyl (C=O) groups is 3. The van der Waals surface area contributed by atoms with Gasteiger partial charge in [0.1, 0.15) is 11.4 Å². The van der Waals surface area contributed by atoms with Crippen molar-refractivity contribution in [2.75, 3.05) is 25.0 Å². The first kappa shape index (κ1) is 20.5. The van der Waals surface area contributed by atoms with Crippen molar-refractivity contribution in [3.63, 3.8) is 0 Å². The van der Waals surface area contributed by atoms with Crippen molar-refractivity contribution in [2.24, 2.45) is 5.92 Å². The standard InChI is InChI=1S/C22H25N3O4/c1-3-29-22(28)16-7-4-5-8-17(16)24-20(26)18-9-6-10-19(23-18)21(27)25-13-11-15(2)12-14-25/h4-10,15H,3,11-14H2,1-2H3,(H,24,26). The molecule has 1 aliphatic rings. The Hall–Kier alpha value is -3.22. The topological polar surface area (TPSA) is 88.6 Å². The van der Waals surface area contributed by atoms with Crippen molar-refractivity contribution in [3.8, 4) is 0 Å². The molecule has 0 spiro atoms. The minimum Gasteiger partial charge on any atom is -0.462 e. The van der Waals surface area contributed by atoms with E-state index in [1.807, 2.05) is 0 Å². The molecule has 7 heteroatoms. The molecule has 0 saturated carbocycles. The first-order valence-corrected chi connectivity index (χ1v) is 9.83. The van der Waals surface area contributed by atoms with Crippen LogP contribution in [0, 0.1) is 5.92 Å². The molecule has 0 radical (unpaired) electrons. The van der Waals surface area contributed by atoms with Gasteiger partial charge < -0.3 is 15.0 Å². The van der Waals surface area contributed by atoms with Crippen molar-refractivity contribution in [1.82, 2.24) is 9.88 Å². The number of ether oxygens (including phenoxy) is 1. The zero-order valence-electron chi connectivity index (χ0n) is 16.7. The number of rotatable bonds is 5. The summed E-state index contributed by atoms with van der Waals surface area (Å²) < 4.78 is 5.03. The third-order valence-electron chi connectivity index (χ3n) is 4.94. The normalized spacial score (nSPS) is 14.3. The number of aromatic nitrogens is 1. The van der Waals surface area contributed by atoms with Crippen LogP contribution in [-0.4, -0.2) is 47.4 Å². The first-order valence-electron chi connectivity index (χ1n) is 9.83. The lowest BCUT2D eigenvalue weighted by Crippen LogP contribution is -2.38. The van der Waals surface area contributed by atoms with Crippen molar-refractivity contribution >= 4 is 23.5 Å². The predicted octanol–water partition coefficient (Wildman–Crippen LogP) is 3.38. The molecule has 0 aliphatic carbocycles. The molecule has 2 heterocycles. The Morgan fingerprint density at radius 3 is 2.48 bits per heavy atom. The highest BCUT2D eigenvalue weighted by Crippen LogP contribution is 2.19. The molecule has 3 rings (SSSR count). The second-order valence-corrected chi connectivity index (χ2v) is 7.10. The van der Waals surface area contributed by atoms with Gasteiger partial charge in [-0.15, -0.1) is 0 Å². The average Bonchev–Trinajstić information content (AvgIpc) is 2.74.